The Morgan fingerprint density at radius 2 is 2.33 bits per heavy atom. The average Bonchev–Trinajstić information content (AvgIpc) is 2.39. The first-order valence-corrected chi connectivity index (χ1v) is 6.88. The molecule has 0 radical (unpaired) electrons. The van der Waals surface area contributed by atoms with Gasteiger partial charge in [0.2, 0.25) is 0 Å². The molecular formula is C13H20ClN3O. The highest BCUT2D eigenvalue weighted by Crippen LogP contribution is 2.23. The summed E-state index contributed by atoms with van der Waals surface area (Å²) in [6.45, 7) is 4.89. The van der Waals surface area contributed by atoms with Crippen LogP contribution in [-0.2, 0) is 11.2 Å². The molecule has 1 aromatic rings. The number of halogens is 1. The van der Waals surface area contributed by atoms with Gasteiger partial charge >= 0.3 is 0 Å². The number of hydrogen-bond donors (Lipinski definition) is 0. The van der Waals surface area contributed by atoms with Crippen LogP contribution in [0.5, 0.6) is 0 Å². The van der Waals surface area contributed by atoms with E-state index in [0.717, 1.165) is 37.8 Å². The van der Waals surface area contributed by atoms with E-state index in [-0.39, 0.29) is 0 Å². The van der Waals surface area contributed by atoms with Gasteiger partial charge in [0.05, 0.1) is 6.61 Å². The molecule has 5 heteroatoms. The summed E-state index contributed by atoms with van der Waals surface area (Å²) in [5.41, 5.74) is 0. The van der Waals surface area contributed by atoms with Crippen molar-refractivity contribution in [3.8, 4) is 0 Å². The number of rotatable bonds is 4. The van der Waals surface area contributed by atoms with Crippen molar-refractivity contribution < 1.29 is 4.74 Å². The van der Waals surface area contributed by atoms with Crippen LogP contribution in [0.15, 0.2) is 6.07 Å². The Labute approximate surface area is 113 Å². The topological polar surface area (TPSA) is 38.2 Å². The Bertz CT molecular complexity index is 398. The summed E-state index contributed by atoms with van der Waals surface area (Å²) in [5, 5.41) is 0.533. The molecule has 2 heterocycles. The smallest absolute Gasteiger partial charge is 0.134 e. The predicted octanol–water partition coefficient (Wildman–Crippen LogP) is 2.56. The van der Waals surface area contributed by atoms with Gasteiger partial charge in [-0.15, -0.1) is 0 Å². The lowest BCUT2D eigenvalue weighted by atomic mass is 9.99. The summed E-state index contributed by atoms with van der Waals surface area (Å²) in [6.07, 6.45) is 3.21. The van der Waals surface area contributed by atoms with Crippen molar-refractivity contribution in [1.82, 2.24) is 9.97 Å². The predicted molar refractivity (Wildman–Crippen MR) is 73.2 cm³/mol. The number of nitrogens with zero attached hydrogens (tertiary/aromatic N) is 3. The maximum Gasteiger partial charge on any atom is 0.134 e. The number of anilines is 1. The minimum atomic E-state index is 0.533. The van der Waals surface area contributed by atoms with Crippen molar-refractivity contribution in [3.05, 3.63) is 17.0 Å². The van der Waals surface area contributed by atoms with Crippen LogP contribution in [0, 0.1) is 5.92 Å². The summed E-state index contributed by atoms with van der Waals surface area (Å²) >= 11 is 6.04. The third kappa shape index (κ3) is 3.33. The zero-order chi connectivity index (χ0) is 13.0. The molecule has 1 aliphatic heterocycles. The highest BCUT2D eigenvalue weighted by molar-refractivity contribution is 6.29. The van der Waals surface area contributed by atoms with Gasteiger partial charge in [0.15, 0.2) is 0 Å². The fraction of sp³-hybridized carbons (Fsp3) is 0.692. The highest BCUT2D eigenvalue weighted by Gasteiger charge is 2.21. The quantitative estimate of drug-likeness (QED) is 0.788. The van der Waals surface area contributed by atoms with Crippen LogP contribution < -0.4 is 4.90 Å². The molecule has 0 saturated carbocycles. The lowest BCUT2D eigenvalue weighted by Gasteiger charge is -2.33. The molecule has 0 aromatic carbocycles. The number of aryl methyl sites for hydroxylation is 1. The third-order valence-electron chi connectivity index (χ3n) is 3.29. The van der Waals surface area contributed by atoms with Crippen LogP contribution in [-0.4, -0.2) is 36.8 Å². The Hall–Kier alpha value is -0.870. The van der Waals surface area contributed by atoms with Crippen molar-refractivity contribution in [1.29, 1.82) is 0 Å². The van der Waals surface area contributed by atoms with Gasteiger partial charge in [-0.2, -0.15) is 0 Å². The summed E-state index contributed by atoms with van der Waals surface area (Å²) in [6, 6.07) is 1.86. The van der Waals surface area contributed by atoms with Gasteiger partial charge in [0.1, 0.15) is 16.8 Å². The molecule has 2 rings (SSSR count). The minimum Gasteiger partial charge on any atom is -0.384 e. The van der Waals surface area contributed by atoms with E-state index in [1.165, 1.54) is 12.8 Å². The molecule has 0 N–H and O–H groups in total. The second-order valence-electron chi connectivity index (χ2n) is 4.73. The Morgan fingerprint density at radius 3 is 3.06 bits per heavy atom. The van der Waals surface area contributed by atoms with E-state index in [1.807, 2.05) is 13.0 Å². The Morgan fingerprint density at radius 1 is 1.50 bits per heavy atom. The van der Waals surface area contributed by atoms with Crippen molar-refractivity contribution >= 4 is 17.4 Å². The van der Waals surface area contributed by atoms with E-state index in [2.05, 4.69) is 14.9 Å². The molecule has 1 unspecified atom stereocenters. The summed E-state index contributed by atoms with van der Waals surface area (Å²) in [7, 11) is 1.76. The largest absolute Gasteiger partial charge is 0.384 e. The van der Waals surface area contributed by atoms with Crippen LogP contribution in [0.25, 0.3) is 0 Å². The van der Waals surface area contributed by atoms with Crippen molar-refractivity contribution in [2.75, 3.05) is 31.7 Å². The summed E-state index contributed by atoms with van der Waals surface area (Å²) in [5.74, 6) is 2.35. The maximum absolute atomic E-state index is 6.04. The lowest BCUT2D eigenvalue weighted by Crippen LogP contribution is -2.37. The second kappa shape index (κ2) is 6.34. The van der Waals surface area contributed by atoms with Crippen LogP contribution in [0.2, 0.25) is 5.15 Å². The first-order valence-electron chi connectivity index (χ1n) is 6.50. The number of aromatic nitrogens is 2. The fourth-order valence-electron chi connectivity index (χ4n) is 2.42. The summed E-state index contributed by atoms with van der Waals surface area (Å²) < 4.78 is 5.25. The van der Waals surface area contributed by atoms with Gasteiger partial charge in [-0.3, -0.25) is 0 Å². The molecule has 0 aliphatic carbocycles. The van der Waals surface area contributed by atoms with Gasteiger partial charge in [-0.25, -0.2) is 9.97 Å². The van der Waals surface area contributed by atoms with E-state index in [9.17, 15) is 0 Å². The van der Waals surface area contributed by atoms with E-state index in [0.29, 0.717) is 11.1 Å². The van der Waals surface area contributed by atoms with E-state index < -0.39 is 0 Å². The van der Waals surface area contributed by atoms with Crippen LogP contribution in [0.4, 0.5) is 5.82 Å². The molecule has 1 aliphatic rings. The number of methoxy groups -OCH3 is 1. The number of hydrogen-bond acceptors (Lipinski definition) is 4. The van der Waals surface area contributed by atoms with Gasteiger partial charge in [-0.1, -0.05) is 18.5 Å². The van der Waals surface area contributed by atoms with Crippen LogP contribution in [0.3, 0.4) is 0 Å². The molecule has 0 amide bonds. The molecule has 0 spiro atoms. The zero-order valence-electron chi connectivity index (χ0n) is 11.0. The standard InChI is InChI=1S/C13H20ClN3O/c1-3-12-15-11(14)7-13(16-12)17-6-4-5-10(8-17)9-18-2/h7,10H,3-6,8-9H2,1-2H3. The molecule has 100 valence electrons. The molecule has 1 saturated heterocycles. The highest BCUT2D eigenvalue weighted by atomic mass is 35.5. The summed E-state index contributed by atoms with van der Waals surface area (Å²) in [4.78, 5) is 11.1. The maximum atomic E-state index is 6.04. The van der Waals surface area contributed by atoms with E-state index >= 15 is 0 Å². The molecule has 1 atom stereocenters. The normalized spacial score (nSPS) is 20.2. The number of ether oxygens (including phenoxy) is 1. The molecule has 18 heavy (non-hydrogen) atoms. The molecule has 4 nitrogen and oxygen atoms in total. The lowest BCUT2D eigenvalue weighted by molar-refractivity contribution is 0.143. The molecule has 0 bridgehead atoms. The molecule has 1 aromatic heterocycles. The average molecular weight is 270 g/mol. The third-order valence-corrected chi connectivity index (χ3v) is 3.48. The second-order valence-corrected chi connectivity index (χ2v) is 5.12. The first kappa shape index (κ1) is 13.6. The Balaban J connectivity index is 2.12. The number of piperidine rings is 1. The van der Waals surface area contributed by atoms with Crippen LogP contribution >= 0.6 is 11.6 Å². The van der Waals surface area contributed by atoms with Gasteiger partial charge in [0, 0.05) is 32.7 Å². The van der Waals surface area contributed by atoms with Crippen molar-refractivity contribution in [2.45, 2.75) is 26.2 Å². The Kier molecular flexibility index (Phi) is 4.78. The van der Waals surface area contributed by atoms with Gasteiger partial charge in [0.25, 0.3) is 0 Å². The van der Waals surface area contributed by atoms with E-state index in [1.54, 1.807) is 7.11 Å². The fourth-order valence-corrected chi connectivity index (χ4v) is 2.61. The minimum absolute atomic E-state index is 0.533. The van der Waals surface area contributed by atoms with Crippen LogP contribution in [0.1, 0.15) is 25.6 Å². The molecular weight excluding hydrogens is 250 g/mol. The zero-order valence-corrected chi connectivity index (χ0v) is 11.8. The molecule has 1 fully saturated rings. The van der Waals surface area contributed by atoms with Gasteiger partial charge < -0.3 is 9.64 Å². The van der Waals surface area contributed by atoms with Crippen molar-refractivity contribution in [3.63, 3.8) is 0 Å². The van der Waals surface area contributed by atoms with Crippen molar-refractivity contribution in [2.24, 2.45) is 5.92 Å². The SMILES string of the molecule is CCc1nc(Cl)cc(N2CCCC(COC)C2)n1. The first-order chi connectivity index (χ1) is 8.72. The monoisotopic (exact) mass is 269 g/mol. The van der Waals surface area contributed by atoms with E-state index in [4.69, 9.17) is 16.3 Å². The van der Waals surface area contributed by atoms with Gasteiger partial charge in [-0.05, 0) is 18.8 Å².